The molecule has 4 rings (SSSR count). The van der Waals surface area contributed by atoms with Crippen LogP contribution < -0.4 is 14.9 Å². The number of phenolic OH excluding ortho intramolecular Hbond substituents is 1. The maximum Gasteiger partial charge on any atom is 0.271 e. The Kier molecular flexibility index (Phi) is 7.12. The Balaban J connectivity index is 1.95. The number of fused-ring (bicyclic) bond motifs is 1. The summed E-state index contributed by atoms with van der Waals surface area (Å²) in [5.41, 5.74) is 2.39. The molecule has 176 valence electrons. The van der Waals surface area contributed by atoms with E-state index in [1.54, 1.807) is 45.9 Å². The first-order chi connectivity index (χ1) is 16.2. The van der Waals surface area contributed by atoms with Crippen molar-refractivity contribution in [2.45, 2.75) is 26.8 Å². The van der Waals surface area contributed by atoms with E-state index in [4.69, 9.17) is 11.6 Å². The molecule has 0 bridgehead atoms. The maximum absolute atomic E-state index is 13.7. The highest BCUT2D eigenvalue weighted by molar-refractivity contribution is 9.10. The highest BCUT2D eigenvalue weighted by Crippen LogP contribution is 2.32. The van der Waals surface area contributed by atoms with Gasteiger partial charge >= 0.3 is 0 Å². The van der Waals surface area contributed by atoms with Gasteiger partial charge in [0, 0.05) is 18.1 Å². The third-order valence-corrected chi connectivity index (χ3v) is 7.63. The van der Waals surface area contributed by atoms with Crippen LogP contribution in [-0.2, 0) is 4.79 Å². The van der Waals surface area contributed by atoms with Crippen LogP contribution in [-0.4, -0.2) is 33.6 Å². The van der Waals surface area contributed by atoms with Crippen LogP contribution in [0, 0.1) is 0 Å². The third kappa shape index (κ3) is 4.50. The summed E-state index contributed by atoms with van der Waals surface area (Å²) in [6.45, 7) is 6.78. The minimum Gasteiger partial charge on any atom is -0.507 e. The fourth-order valence-corrected chi connectivity index (χ4v) is 5.57. The van der Waals surface area contributed by atoms with Crippen LogP contribution in [0.5, 0.6) is 5.75 Å². The average molecular weight is 561 g/mol. The van der Waals surface area contributed by atoms with Gasteiger partial charge in [-0.3, -0.25) is 14.2 Å². The van der Waals surface area contributed by atoms with Crippen molar-refractivity contribution >= 4 is 50.9 Å². The Bertz CT molecular complexity index is 1470. The second kappa shape index (κ2) is 9.90. The molecule has 3 aromatic rings. The Morgan fingerprint density at radius 2 is 1.91 bits per heavy atom. The monoisotopic (exact) mass is 559 g/mol. The Hall–Kier alpha value is -2.68. The molecule has 0 radical (unpaired) electrons. The predicted molar refractivity (Wildman–Crippen MR) is 139 cm³/mol. The third-order valence-electron chi connectivity index (χ3n) is 5.76. The molecule has 0 fully saturated rings. The van der Waals surface area contributed by atoms with Gasteiger partial charge in [-0.2, -0.15) is 0 Å². The number of aromatic hydroxyl groups is 1. The maximum atomic E-state index is 13.7. The Morgan fingerprint density at radius 1 is 1.24 bits per heavy atom. The van der Waals surface area contributed by atoms with Gasteiger partial charge in [-0.25, -0.2) is 4.99 Å². The molecule has 0 spiro atoms. The zero-order chi connectivity index (χ0) is 24.6. The number of amides is 1. The summed E-state index contributed by atoms with van der Waals surface area (Å²) < 4.78 is 2.62. The molecule has 34 heavy (non-hydrogen) atoms. The first kappa shape index (κ1) is 24.4. The van der Waals surface area contributed by atoms with Gasteiger partial charge in [0.15, 0.2) is 4.80 Å². The van der Waals surface area contributed by atoms with Crippen LogP contribution in [0.25, 0.3) is 6.08 Å². The van der Waals surface area contributed by atoms with Crippen LogP contribution in [0.1, 0.15) is 37.9 Å². The quantitative estimate of drug-likeness (QED) is 0.508. The average Bonchev–Trinajstić information content (AvgIpc) is 3.11. The van der Waals surface area contributed by atoms with E-state index in [0.717, 1.165) is 11.1 Å². The fraction of sp³-hybridized carbons (Fsp3) is 0.240. The largest absolute Gasteiger partial charge is 0.507 e. The van der Waals surface area contributed by atoms with Gasteiger partial charge in [0.05, 0.1) is 26.3 Å². The van der Waals surface area contributed by atoms with Gasteiger partial charge in [-0.15, -0.1) is 0 Å². The Morgan fingerprint density at radius 3 is 2.53 bits per heavy atom. The Labute approximate surface area is 214 Å². The van der Waals surface area contributed by atoms with E-state index in [1.807, 2.05) is 32.9 Å². The summed E-state index contributed by atoms with van der Waals surface area (Å²) in [4.78, 5) is 34.1. The molecule has 0 aliphatic carbocycles. The van der Waals surface area contributed by atoms with Crippen LogP contribution in [0.3, 0.4) is 0 Å². The molecule has 1 aliphatic heterocycles. The van der Waals surface area contributed by atoms with Crippen molar-refractivity contribution in [1.29, 1.82) is 0 Å². The number of rotatable bonds is 5. The van der Waals surface area contributed by atoms with Crippen LogP contribution in [0.15, 0.2) is 68.0 Å². The highest BCUT2D eigenvalue weighted by Gasteiger charge is 2.34. The van der Waals surface area contributed by atoms with E-state index in [9.17, 15) is 14.7 Å². The zero-order valence-electron chi connectivity index (χ0n) is 18.9. The standard InChI is InChI=1S/C25H23BrClN3O3S/c1-4-29(5-2)24(33)21-14(3)28-25-30(22(21)16-7-9-17(27)10-8-16)23(32)20(34-25)13-15-6-11-19(31)18(26)12-15/h6-13,22,31H,4-5H2,1-3H3/b20-13+/t22-/m0/s1. The van der Waals surface area contributed by atoms with Gasteiger partial charge < -0.3 is 10.0 Å². The minimum absolute atomic E-state index is 0.122. The van der Waals surface area contributed by atoms with Gasteiger partial charge in [0.2, 0.25) is 0 Å². The molecule has 0 saturated heterocycles. The number of carbonyl (C=O) groups is 1. The number of likely N-dealkylation sites (N-methyl/N-ethyl adjacent to an activating group) is 1. The summed E-state index contributed by atoms with van der Waals surface area (Å²) in [6.07, 6.45) is 1.76. The molecule has 6 nitrogen and oxygen atoms in total. The zero-order valence-corrected chi connectivity index (χ0v) is 22.0. The number of phenols is 1. The smallest absolute Gasteiger partial charge is 0.271 e. The molecule has 1 aromatic heterocycles. The molecule has 9 heteroatoms. The second-order valence-electron chi connectivity index (χ2n) is 7.82. The van der Waals surface area contributed by atoms with Crippen LogP contribution >= 0.6 is 38.9 Å². The first-order valence-electron chi connectivity index (χ1n) is 10.8. The second-order valence-corrected chi connectivity index (χ2v) is 10.1. The lowest BCUT2D eigenvalue weighted by atomic mass is 9.94. The van der Waals surface area contributed by atoms with Crippen molar-refractivity contribution < 1.29 is 9.90 Å². The van der Waals surface area contributed by atoms with Crippen molar-refractivity contribution in [2.24, 2.45) is 4.99 Å². The van der Waals surface area contributed by atoms with Crippen molar-refractivity contribution in [3.63, 3.8) is 0 Å². The first-order valence-corrected chi connectivity index (χ1v) is 12.8. The van der Waals surface area contributed by atoms with Gasteiger partial charge in [-0.1, -0.05) is 41.1 Å². The van der Waals surface area contributed by atoms with E-state index < -0.39 is 6.04 Å². The van der Waals surface area contributed by atoms with Crippen molar-refractivity contribution in [3.8, 4) is 5.75 Å². The highest BCUT2D eigenvalue weighted by atomic mass is 79.9. The number of nitrogens with zero attached hydrogens (tertiary/aromatic N) is 3. The SMILES string of the molecule is CCN(CC)C(=O)C1=C(C)N=c2s/c(=C/c3ccc(O)c(Br)c3)c(=O)n2[C@H]1c1ccc(Cl)cc1. The van der Waals surface area contributed by atoms with Gasteiger partial charge in [0.1, 0.15) is 5.75 Å². The van der Waals surface area contributed by atoms with Crippen molar-refractivity contribution in [3.05, 3.63) is 94.0 Å². The van der Waals surface area contributed by atoms with Crippen molar-refractivity contribution in [1.82, 2.24) is 9.47 Å². The molecule has 2 aromatic carbocycles. The summed E-state index contributed by atoms with van der Waals surface area (Å²) in [7, 11) is 0. The van der Waals surface area contributed by atoms with E-state index in [2.05, 4.69) is 20.9 Å². The summed E-state index contributed by atoms with van der Waals surface area (Å²) >= 11 is 10.7. The summed E-state index contributed by atoms with van der Waals surface area (Å²) in [5.74, 6) is -0.0144. The molecule has 1 N–H and O–H groups in total. The number of aromatic nitrogens is 1. The lowest BCUT2D eigenvalue weighted by Gasteiger charge is -2.29. The van der Waals surface area contributed by atoms with Gasteiger partial charge in [-0.05, 0) is 78.2 Å². The lowest BCUT2D eigenvalue weighted by Crippen LogP contribution is -2.43. The summed E-state index contributed by atoms with van der Waals surface area (Å²) in [5, 5.41) is 10.4. The number of benzene rings is 2. The van der Waals surface area contributed by atoms with E-state index >= 15 is 0 Å². The van der Waals surface area contributed by atoms with Crippen molar-refractivity contribution in [2.75, 3.05) is 13.1 Å². The normalized spacial score (nSPS) is 15.8. The van der Waals surface area contributed by atoms with Gasteiger partial charge in [0.25, 0.3) is 11.5 Å². The predicted octanol–water partition coefficient (Wildman–Crippen LogP) is 4.23. The molecule has 0 unspecified atom stereocenters. The molecule has 1 aliphatic rings. The number of thiazole rings is 1. The van der Waals surface area contributed by atoms with Crippen LogP contribution in [0.2, 0.25) is 5.02 Å². The molecular formula is C25H23BrClN3O3S. The number of hydrogen-bond donors (Lipinski definition) is 1. The number of allylic oxidation sites excluding steroid dienone is 1. The van der Waals surface area contributed by atoms with E-state index in [0.29, 0.717) is 43.2 Å². The molecule has 1 atom stereocenters. The topological polar surface area (TPSA) is 74.9 Å². The molecule has 1 amide bonds. The van der Waals surface area contributed by atoms with E-state index in [-0.39, 0.29) is 17.2 Å². The number of halogens is 2. The minimum atomic E-state index is -0.615. The van der Waals surface area contributed by atoms with E-state index in [1.165, 1.54) is 11.3 Å². The molecule has 0 saturated carbocycles. The fourth-order valence-electron chi connectivity index (χ4n) is 4.00. The van der Waals surface area contributed by atoms with Crippen LogP contribution in [0.4, 0.5) is 0 Å². The number of hydrogen-bond acceptors (Lipinski definition) is 5. The molecule has 2 heterocycles. The lowest BCUT2D eigenvalue weighted by molar-refractivity contribution is -0.127. The molecular weight excluding hydrogens is 538 g/mol. The summed E-state index contributed by atoms with van der Waals surface area (Å²) in [6, 6.07) is 11.6. The number of carbonyl (C=O) groups excluding carboxylic acids is 1.